The molecular weight excluding hydrogens is 464 g/mol. The number of β-amino-alcohol motifs (C(OH)–C–C–N with tert-alkyl or cyclic N) is 1. The molecule has 0 radical (unpaired) electrons. The molecule has 1 amide bonds. The van der Waals surface area contributed by atoms with Crippen molar-refractivity contribution in [2.45, 2.75) is 38.7 Å². The number of aliphatic hydroxyl groups excluding tert-OH is 1. The number of aryl methyl sites for hydroxylation is 1. The Morgan fingerprint density at radius 2 is 2.00 bits per heavy atom. The number of aromatic hydroxyl groups is 1. The molecule has 36 heavy (non-hydrogen) atoms. The first kappa shape index (κ1) is 26.7. The second-order valence-electron chi connectivity index (χ2n) is 8.66. The third-order valence-electron chi connectivity index (χ3n) is 5.56. The number of phenolic OH excluding ortho intramolecular Hbond substituents is 1. The normalized spacial score (nSPS) is 15.8. The third-order valence-corrected chi connectivity index (χ3v) is 5.56. The Morgan fingerprint density at radius 3 is 2.69 bits per heavy atom. The molecule has 5 N–H and O–H groups in total. The smallest absolute Gasteiger partial charge is 0.306 e. The van der Waals surface area contributed by atoms with E-state index in [4.69, 9.17) is 4.74 Å². The number of hydrogen-bond donors (Lipinski definition) is 5. The van der Waals surface area contributed by atoms with Crippen molar-refractivity contribution in [1.29, 1.82) is 0 Å². The largest absolute Gasteiger partial charge is 0.508 e. The molecular formula is C26H32N4O6. The monoisotopic (exact) mass is 496 g/mol. The molecule has 10 heteroatoms. The van der Waals surface area contributed by atoms with Crippen molar-refractivity contribution >= 4 is 29.3 Å². The highest BCUT2D eigenvalue weighted by atomic mass is 16.5. The lowest BCUT2D eigenvalue weighted by Crippen LogP contribution is -2.42. The minimum Gasteiger partial charge on any atom is -0.508 e. The summed E-state index contributed by atoms with van der Waals surface area (Å²) in [5, 5.41) is 28.0. The number of nitrogens with one attached hydrogen (secondary N) is 3. The fraction of sp³-hybridized carbons (Fsp3) is 0.385. The van der Waals surface area contributed by atoms with Crippen LogP contribution in [0, 0.1) is 6.92 Å². The molecule has 2 atom stereocenters. The van der Waals surface area contributed by atoms with E-state index in [-0.39, 0.29) is 61.5 Å². The second-order valence-corrected chi connectivity index (χ2v) is 8.66. The maximum absolute atomic E-state index is 12.7. The molecule has 1 heterocycles. The maximum atomic E-state index is 12.7. The predicted molar refractivity (Wildman–Crippen MR) is 135 cm³/mol. The van der Waals surface area contributed by atoms with Gasteiger partial charge in [-0.25, -0.2) is 0 Å². The number of aliphatic imine (C=N–C) groups is 1. The highest BCUT2D eigenvalue weighted by Crippen LogP contribution is 2.25. The van der Waals surface area contributed by atoms with Crippen molar-refractivity contribution in [3.63, 3.8) is 0 Å². The van der Waals surface area contributed by atoms with Crippen LogP contribution < -0.4 is 16.0 Å². The molecule has 2 aromatic rings. The van der Waals surface area contributed by atoms with Crippen molar-refractivity contribution < 1.29 is 29.3 Å². The summed E-state index contributed by atoms with van der Waals surface area (Å²) in [6.07, 6.45) is -0.443. The molecule has 1 aliphatic heterocycles. The van der Waals surface area contributed by atoms with Crippen LogP contribution in [0.15, 0.2) is 47.5 Å². The highest BCUT2D eigenvalue weighted by Gasteiger charge is 2.21. The number of ether oxygens (including phenoxy) is 1. The van der Waals surface area contributed by atoms with Gasteiger partial charge in [-0.3, -0.25) is 19.4 Å². The number of anilines is 1. The average Bonchev–Trinajstić information content (AvgIpc) is 2.83. The van der Waals surface area contributed by atoms with Gasteiger partial charge in [0.1, 0.15) is 5.75 Å². The molecule has 0 bridgehead atoms. The topological polar surface area (TPSA) is 149 Å². The van der Waals surface area contributed by atoms with Crippen LogP contribution in [0.5, 0.6) is 5.75 Å². The van der Waals surface area contributed by atoms with Gasteiger partial charge in [0.2, 0.25) is 0 Å². The van der Waals surface area contributed by atoms with Crippen LogP contribution in [0.3, 0.4) is 0 Å². The zero-order chi connectivity index (χ0) is 26.1. The van der Waals surface area contributed by atoms with E-state index in [2.05, 4.69) is 20.9 Å². The lowest BCUT2D eigenvalue weighted by atomic mass is 9.90. The quantitative estimate of drug-likeness (QED) is 0.313. The van der Waals surface area contributed by atoms with Crippen LogP contribution in [0.25, 0.3) is 0 Å². The molecule has 0 saturated carbocycles. The molecule has 2 aromatic carbocycles. The van der Waals surface area contributed by atoms with E-state index in [1.165, 1.54) is 18.2 Å². The number of nitrogens with zero attached hydrogens (tertiary/aromatic N) is 1. The standard InChI is InChI=1S/C26H32N4O6/c1-3-36-24(34)11-18(17-6-4-5-16(2)7-17)9-22(32)13-27-25(35)19-8-20(12-21(31)10-19)30-26-28-14-23(33)15-29-26/h4-8,10,12,18,23,31,33H,3,9,11,13-15H2,1-2H3,(H,27,35)(H2,28,29,30). The number of hydrogen-bond acceptors (Lipinski definition) is 9. The first-order valence-electron chi connectivity index (χ1n) is 11.8. The maximum Gasteiger partial charge on any atom is 0.306 e. The minimum absolute atomic E-state index is 0.0622. The first-order valence-corrected chi connectivity index (χ1v) is 11.8. The fourth-order valence-electron chi connectivity index (χ4n) is 3.85. The van der Waals surface area contributed by atoms with E-state index in [9.17, 15) is 24.6 Å². The molecule has 192 valence electrons. The molecule has 1 aliphatic rings. The number of rotatable bonds is 10. The van der Waals surface area contributed by atoms with Crippen molar-refractivity contribution in [2.24, 2.45) is 4.99 Å². The van der Waals surface area contributed by atoms with Gasteiger partial charge in [0.05, 0.1) is 32.2 Å². The summed E-state index contributed by atoms with van der Waals surface area (Å²) >= 11 is 0. The predicted octanol–water partition coefficient (Wildman–Crippen LogP) is 1.86. The molecule has 2 unspecified atom stereocenters. The van der Waals surface area contributed by atoms with Gasteiger partial charge in [-0.15, -0.1) is 0 Å². The molecule has 10 nitrogen and oxygen atoms in total. The van der Waals surface area contributed by atoms with Gasteiger partial charge in [0, 0.05) is 36.2 Å². The van der Waals surface area contributed by atoms with Gasteiger partial charge < -0.3 is 30.9 Å². The number of aliphatic hydroxyl groups is 1. The second kappa shape index (κ2) is 12.7. The van der Waals surface area contributed by atoms with Gasteiger partial charge >= 0.3 is 5.97 Å². The summed E-state index contributed by atoms with van der Waals surface area (Å²) < 4.78 is 5.07. The summed E-state index contributed by atoms with van der Waals surface area (Å²) in [6.45, 7) is 4.27. The number of esters is 1. The number of phenols is 1. The van der Waals surface area contributed by atoms with E-state index < -0.39 is 12.0 Å². The van der Waals surface area contributed by atoms with Gasteiger partial charge in [0.25, 0.3) is 5.91 Å². The Balaban J connectivity index is 1.62. The lowest BCUT2D eigenvalue weighted by molar-refractivity contribution is -0.143. The molecule has 0 aliphatic carbocycles. The molecule has 0 fully saturated rings. The third kappa shape index (κ3) is 8.09. The van der Waals surface area contributed by atoms with E-state index in [1.54, 1.807) is 6.92 Å². The van der Waals surface area contributed by atoms with Crippen LogP contribution in [0.2, 0.25) is 0 Å². The Morgan fingerprint density at radius 1 is 1.19 bits per heavy atom. The van der Waals surface area contributed by atoms with Crippen molar-refractivity contribution in [1.82, 2.24) is 10.6 Å². The van der Waals surface area contributed by atoms with Crippen molar-refractivity contribution in [2.75, 3.05) is 31.6 Å². The van der Waals surface area contributed by atoms with Gasteiger partial charge in [0.15, 0.2) is 11.7 Å². The Hall–Kier alpha value is -3.92. The van der Waals surface area contributed by atoms with E-state index in [0.29, 0.717) is 18.2 Å². The summed E-state index contributed by atoms with van der Waals surface area (Å²) in [5.41, 5.74) is 2.45. The molecule has 0 aromatic heterocycles. The molecule has 0 spiro atoms. The number of carbonyl (C=O) groups excluding carboxylic acids is 3. The summed E-state index contributed by atoms with van der Waals surface area (Å²) in [5.74, 6) is -1.25. The highest BCUT2D eigenvalue weighted by molar-refractivity contribution is 6.00. The fourth-order valence-corrected chi connectivity index (χ4v) is 3.85. The average molecular weight is 497 g/mol. The van der Waals surface area contributed by atoms with E-state index in [0.717, 1.165) is 11.1 Å². The zero-order valence-corrected chi connectivity index (χ0v) is 20.4. The van der Waals surface area contributed by atoms with Crippen LogP contribution in [-0.4, -0.2) is 66.2 Å². The number of carbonyl (C=O) groups is 3. The number of amides is 1. The number of Topliss-reactive ketones (excluding diaryl/α,β-unsaturated/α-hetero) is 1. The van der Waals surface area contributed by atoms with E-state index in [1.807, 2.05) is 31.2 Å². The van der Waals surface area contributed by atoms with Crippen LogP contribution in [0.4, 0.5) is 5.69 Å². The molecule has 3 rings (SSSR count). The lowest BCUT2D eigenvalue weighted by Gasteiger charge is -2.20. The molecule has 0 saturated heterocycles. The van der Waals surface area contributed by atoms with Crippen molar-refractivity contribution in [3.05, 3.63) is 59.2 Å². The first-order chi connectivity index (χ1) is 17.2. The van der Waals surface area contributed by atoms with Crippen LogP contribution in [0.1, 0.15) is 47.2 Å². The SMILES string of the molecule is CCOC(=O)CC(CC(=O)CNC(=O)c1cc(O)cc(NC2=NCC(O)CN2)c1)c1cccc(C)c1. The summed E-state index contributed by atoms with van der Waals surface area (Å²) in [6, 6.07) is 11.9. The summed E-state index contributed by atoms with van der Waals surface area (Å²) in [4.78, 5) is 41.7. The number of benzene rings is 2. The number of ketones is 1. The van der Waals surface area contributed by atoms with Gasteiger partial charge in [-0.05, 0) is 31.5 Å². The zero-order valence-electron chi connectivity index (χ0n) is 20.4. The van der Waals surface area contributed by atoms with E-state index >= 15 is 0 Å². The van der Waals surface area contributed by atoms with Crippen LogP contribution >= 0.6 is 0 Å². The Labute approximate surface area is 209 Å². The Bertz CT molecular complexity index is 1130. The van der Waals surface area contributed by atoms with Crippen molar-refractivity contribution in [3.8, 4) is 5.75 Å². The Kier molecular flexibility index (Phi) is 9.40. The van der Waals surface area contributed by atoms with Gasteiger partial charge in [-0.2, -0.15) is 0 Å². The van der Waals surface area contributed by atoms with Gasteiger partial charge in [-0.1, -0.05) is 29.8 Å². The minimum atomic E-state index is -0.568. The number of guanidine groups is 1. The summed E-state index contributed by atoms with van der Waals surface area (Å²) in [7, 11) is 0. The van der Waals surface area contributed by atoms with Crippen LogP contribution in [-0.2, 0) is 14.3 Å².